The Bertz CT molecular complexity index is 519. The fourth-order valence-corrected chi connectivity index (χ4v) is 2.46. The van der Waals surface area contributed by atoms with E-state index in [1.807, 2.05) is 12.1 Å². The van der Waals surface area contributed by atoms with Crippen LogP contribution in [0.2, 0.25) is 5.02 Å². The van der Waals surface area contributed by atoms with Gasteiger partial charge in [-0.1, -0.05) is 30.7 Å². The van der Waals surface area contributed by atoms with Crippen LogP contribution in [-0.4, -0.2) is 30.1 Å². The predicted octanol–water partition coefficient (Wildman–Crippen LogP) is 1.71. The van der Waals surface area contributed by atoms with E-state index >= 15 is 0 Å². The van der Waals surface area contributed by atoms with Gasteiger partial charge < -0.3 is 16.2 Å². The first-order valence-electron chi connectivity index (χ1n) is 7.60. The molecule has 0 fully saturated rings. The van der Waals surface area contributed by atoms with Gasteiger partial charge in [0.1, 0.15) is 0 Å². The van der Waals surface area contributed by atoms with Gasteiger partial charge in [0, 0.05) is 23.9 Å². The topological polar surface area (TPSA) is 92.4 Å². The van der Waals surface area contributed by atoms with Gasteiger partial charge in [0.15, 0.2) is 0 Å². The normalized spacial score (nSPS) is 14.8. The number of carbonyl (C=O) groups is 2. The highest BCUT2D eigenvalue weighted by molar-refractivity contribution is 6.30. The van der Waals surface area contributed by atoms with Crippen LogP contribution >= 0.6 is 11.6 Å². The lowest BCUT2D eigenvalue weighted by Gasteiger charge is -2.21. The minimum absolute atomic E-state index is 0.197. The minimum Gasteiger partial charge on any atom is -0.393 e. The first kappa shape index (κ1) is 19.5. The van der Waals surface area contributed by atoms with E-state index in [9.17, 15) is 14.7 Å². The van der Waals surface area contributed by atoms with E-state index in [2.05, 4.69) is 5.32 Å². The number of nitrogens with one attached hydrogen (secondary N) is 1. The van der Waals surface area contributed by atoms with E-state index in [0.29, 0.717) is 17.9 Å². The Hall–Kier alpha value is -1.59. The minimum atomic E-state index is -0.743. The summed E-state index contributed by atoms with van der Waals surface area (Å²) in [4.78, 5) is 23.1. The van der Waals surface area contributed by atoms with Gasteiger partial charge in [-0.2, -0.15) is 0 Å². The average Bonchev–Trinajstić information content (AvgIpc) is 2.52. The van der Waals surface area contributed by atoms with Crippen LogP contribution in [-0.2, 0) is 16.0 Å². The maximum Gasteiger partial charge on any atom is 0.222 e. The van der Waals surface area contributed by atoms with Crippen molar-refractivity contribution < 1.29 is 14.7 Å². The zero-order chi connectivity index (χ0) is 17.4. The maximum atomic E-state index is 11.9. The lowest BCUT2D eigenvalue weighted by atomic mass is 9.88. The highest BCUT2D eigenvalue weighted by atomic mass is 35.5. The summed E-state index contributed by atoms with van der Waals surface area (Å²) < 4.78 is 0. The molecule has 2 amide bonds. The Balaban J connectivity index is 2.55. The molecule has 5 nitrogen and oxygen atoms in total. The molecule has 0 aromatic heterocycles. The third kappa shape index (κ3) is 7.01. The summed E-state index contributed by atoms with van der Waals surface area (Å²) in [5.41, 5.74) is 6.28. The number of hydrogen-bond donors (Lipinski definition) is 3. The summed E-state index contributed by atoms with van der Waals surface area (Å²) in [6, 6.07) is 7.35. The molecule has 4 N–H and O–H groups in total. The number of nitrogens with two attached hydrogens (primary N) is 1. The van der Waals surface area contributed by atoms with Crippen LogP contribution in [0.15, 0.2) is 24.3 Å². The first-order valence-corrected chi connectivity index (χ1v) is 7.98. The third-order valence-corrected chi connectivity index (χ3v) is 4.06. The maximum absolute atomic E-state index is 11.9. The van der Waals surface area contributed by atoms with Gasteiger partial charge in [-0.3, -0.25) is 9.59 Å². The summed E-state index contributed by atoms with van der Waals surface area (Å²) in [6.45, 7) is 1.68. The number of rotatable bonds is 9. The van der Waals surface area contributed by atoms with Crippen LogP contribution in [0.3, 0.4) is 0 Å². The standard InChI is InChI=1S/C17H24ClN2O3/c1-11(16(19)22)9-13(17(23)20-2)10-15(21)8-5-12-3-6-14(18)7-4-12/h3-4,6-8,11,13,15,21H,5,9-10H2,1-2H3,(H2,19,22)(H,20,23)/t11?,13-,15+/m1/s1. The van der Waals surface area contributed by atoms with Gasteiger partial charge in [0.25, 0.3) is 0 Å². The molecule has 1 unspecified atom stereocenters. The summed E-state index contributed by atoms with van der Waals surface area (Å²) in [6.07, 6.45) is 2.15. The molecule has 6 heteroatoms. The number of aliphatic hydroxyl groups is 1. The number of amides is 2. The molecule has 0 aliphatic heterocycles. The highest BCUT2D eigenvalue weighted by Gasteiger charge is 2.25. The van der Waals surface area contributed by atoms with E-state index < -0.39 is 23.8 Å². The zero-order valence-electron chi connectivity index (χ0n) is 13.5. The summed E-state index contributed by atoms with van der Waals surface area (Å²) in [5, 5.41) is 13.4. The molecule has 1 aromatic carbocycles. The third-order valence-electron chi connectivity index (χ3n) is 3.81. The average molecular weight is 340 g/mol. The fraction of sp³-hybridized carbons (Fsp3) is 0.471. The molecule has 3 atom stereocenters. The van der Waals surface area contributed by atoms with Crippen molar-refractivity contribution in [3.05, 3.63) is 41.3 Å². The van der Waals surface area contributed by atoms with Crippen LogP contribution in [0.25, 0.3) is 0 Å². The van der Waals surface area contributed by atoms with Crippen molar-refractivity contribution >= 4 is 23.4 Å². The van der Waals surface area contributed by atoms with Crippen molar-refractivity contribution in [1.82, 2.24) is 5.32 Å². The number of carbonyl (C=O) groups excluding carboxylic acids is 2. The van der Waals surface area contributed by atoms with Crippen molar-refractivity contribution in [2.24, 2.45) is 17.6 Å². The first-order chi connectivity index (χ1) is 10.8. The van der Waals surface area contributed by atoms with Gasteiger partial charge in [-0.25, -0.2) is 0 Å². The molecular formula is C17H24ClN2O3. The van der Waals surface area contributed by atoms with E-state index in [4.69, 9.17) is 17.3 Å². The van der Waals surface area contributed by atoms with Crippen LogP contribution in [0.1, 0.15) is 25.3 Å². The SMILES string of the molecule is CNC(=O)[C@H](CC(C)C(N)=O)C[C@@H](O)[CH]Cc1ccc(Cl)cc1. The van der Waals surface area contributed by atoms with Crippen LogP contribution in [0.5, 0.6) is 0 Å². The van der Waals surface area contributed by atoms with Crippen LogP contribution < -0.4 is 11.1 Å². The molecule has 1 aromatic rings. The van der Waals surface area contributed by atoms with Gasteiger partial charge in [0.05, 0.1) is 6.10 Å². The molecule has 23 heavy (non-hydrogen) atoms. The molecule has 0 bridgehead atoms. The fourth-order valence-electron chi connectivity index (χ4n) is 2.34. The molecular weight excluding hydrogens is 316 g/mol. The molecule has 1 rings (SSSR count). The monoisotopic (exact) mass is 339 g/mol. The summed E-state index contributed by atoms with van der Waals surface area (Å²) in [7, 11) is 1.54. The zero-order valence-corrected chi connectivity index (χ0v) is 14.2. The Labute approximate surface area is 142 Å². The Morgan fingerprint density at radius 1 is 1.30 bits per heavy atom. The lowest BCUT2D eigenvalue weighted by molar-refractivity contribution is -0.127. The molecule has 0 aliphatic carbocycles. The number of hydrogen-bond acceptors (Lipinski definition) is 3. The van der Waals surface area contributed by atoms with Crippen molar-refractivity contribution in [3.8, 4) is 0 Å². The number of primary amides is 1. The molecule has 1 radical (unpaired) electrons. The number of benzene rings is 1. The second-order valence-corrected chi connectivity index (χ2v) is 6.16. The van der Waals surface area contributed by atoms with Gasteiger partial charge in [-0.05, 0) is 43.4 Å². The van der Waals surface area contributed by atoms with E-state index in [1.165, 1.54) is 7.05 Å². The van der Waals surface area contributed by atoms with Crippen molar-refractivity contribution in [3.63, 3.8) is 0 Å². The highest BCUT2D eigenvalue weighted by Crippen LogP contribution is 2.20. The van der Waals surface area contributed by atoms with E-state index in [-0.39, 0.29) is 12.3 Å². The molecule has 0 aliphatic rings. The molecule has 0 heterocycles. The van der Waals surface area contributed by atoms with E-state index in [1.54, 1.807) is 25.5 Å². The summed E-state index contributed by atoms with van der Waals surface area (Å²) >= 11 is 5.83. The van der Waals surface area contributed by atoms with Crippen molar-refractivity contribution in [2.75, 3.05) is 7.05 Å². The van der Waals surface area contributed by atoms with Crippen molar-refractivity contribution in [1.29, 1.82) is 0 Å². The molecule has 0 spiro atoms. The second-order valence-electron chi connectivity index (χ2n) is 5.72. The van der Waals surface area contributed by atoms with Crippen molar-refractivity contribution in [2.45, 2.75) is 32.3 Å². The Morgan fingerprint density at radius 2 is 1.91 bits per heavy atom. The predicted molar refractivity (Wildman–Crippen MR) is 90.6 cm³/mol. The second kappa shape index (κ2) is 9.53. The smallest absolute Gasteiger partial charge is 0.222 e. The van der Waals surface area contributed by atoms with Gasteiger partial charge in [-0.15, -0.1) is 0 Å². The number of halogens is 1. The lowest BCUT2D eigenvalue weighted by Crippen LogP contribution is -2.34. The van der Waals surface area contributed by atoms with Crippen LogP contribution in [0.4, 0.5) is 0 Å². The Morgan fingerprint density at radius 3 is 2.43 bits per heavy atom. The van der Waals surface area contributed by atoms with Crippen LogP contribution in [0, 0.1) is 18.3 Å². The summed E-state index contributed by atoms with van der Waals surface area (Å²) in [5.74, 6) is -1.52. The quantitative estimate of drug-likeness (QED) is 0.639. The molecule has 0 saturated carbocycles. The number of aliphatic hydroxyl groups excluding tert-OH is 1. The van der Waals surface area contributed by atoms with Gasteiger partial charge in [0.2, 0.25) is 11.8 Å². The largest absolute Gasteiger partial charge is 0.393 e. The molecule has 0 saturated heterocycles. The van der Waals surface area contributed by atoms with E-state index in [0.717, 1.165) is 5.56 Å². The van der Waals surface area contributed by atoms with Gasteiger partial charge >= 0.3 is 0 Å². The molecule has 127 valence electrons. The Kier molecular flexibility index (Phi) is 8.06.